The lowest BCUT2D eigenvalue weighted by atomic mass is 10.2. The zero-order chi connectivity index (χ0) is 15.8. The predicted octanol–water partition coefficient (Wildman–Crippen LogP) is 2.43. The summed E-state index contributed by atoms with van der Waals surface area (Å²) >= 11 is 2.05. The first-order valence-corrected chi connectivity index (χ1v) is 8.90. The lowest BCUT2D eigenvalue weighted by Crippen LogP contribution is -2.39. The van der Waals surface area contributed by atoms with Gasteiger partial charge in [-0.25, -0.2) is 4.98 Å². The summed E-state index contributed by atoms with van der Waals surface area (Å²) in [5.41, 5.74) is 1.11. The number of hydrogen-bond acceptors (Lipinski definition) is 4. The fraction of sp³-hybridized carbons (Fsp3) is 0.625. The van der Waals surface area contributed by atoms with Crippen LogP contribution < -0.4 is 15.4 Å². The van der Waals surface area contributed by atoms with Crippen LogP contribution >= 0.6 is 11.8 Å². The van der Waals surface area contributed by atoms with Crippen molar-refractivity contribution in [1.29, 1.82) is 0 Å². The van der Waals surface area contributed by atoms with Crippen LogP contribution in [0.1, 0.15) is 32.3 Å². The fourth-order valence-corrected chi connectivity index (χ4v) is 3.45. The van der Waals surface area contributed by atoms with E-state index in [9.17, 15) is 0 Å². The van der Waals surface area contributed by atoms with E-state index in [1.165, 1.54) is 18.6 Å². The summed E-state index contributed by atoms with van der Waals surface area (Å²) in [5.74, 6) is 2.80. The molecule has 5 nitrogen and oxygen atoms in total. The second kappa shape index (κ2) is 8.88. The van der Waals surface area contributed by atoms with Crippen molar-refractivity contribution in [2.75, 3.05) is 19.3 Å². The highest BCUT2D eigenvalue weighted by Gasteiger charge is 2.15. The highest BCUT2D eigenvalue weighted by Crippen LogP contribution is 2.25. The van der Waals surface area contributed by atoms with Crippen molar-refractivity contribution in [2.24, 2.45) is 4.99 Å². The van der Waals surface area contributed by atoms with Gasteiger partial charge in [0.1, 0.15) is 0 Å². The lowest BCUT2D eigenvalue weighted by molar-refractivity contribution is 0.232. The molecule has 0 aliphatic carbocycles. The Labute approximate surface area is 137 Å². The Kier molecular flexibility index (Phi) is 6.83. The minimum absolute atomic E-state index is 0.146. The fourth-order valence-electron chi connectivity index (χ4n) is 2.25. The molecule has 6 heteroatoms. The van der Waals surface area contributed by atoms with Gasteiger partial charge in [0.25, 0.3) is 0 Å². The standard InChI is InChI=1S/C16H26N4OS/c1-12(2)21-15-7-6-13(9-18-15)10-19-16(17-3)20-11-14-5-4-8-22-14/h6-7,9,12,14H,4-5,8,10-11H2,1-3H3,(H2,17,19,20). The predicted molar refractivity (Wildman–Crippen MR) is 93.7 cm³/mol. The van der Waals surface area contributed by atoms with Gasteiger partial charge in [-0.1, -0.05) is 6.07 Å². The molecule has 1 aromatic rings. The summed E-state index contributed by atoms with van der Waals surface area (Å²) in [6.45, 7) is 5.67. The zero-order valence-electron chi connectivity index (χ0n) is 13.6. The van der Waals surface area contributed by atoms with Gasteiger partial charge in [0.2, 0.25) is 5.88 Å². The minimum Gasteiger partial charge on any atom is -0.475 e. The van der Waals surface area contributed by atoms with Crippen LogP contribution in [0.25, 0.3) is 0 Å². The maximum Gasteiger partial charge on any atom is 0.213 e. The Balaban J connectivity index is 1.75. The van der Waals surface area contributed by atoms with Crippen molar-refractivity contribution >= 4 is 17.7 Å². The Bertz CT molecular complexity index is 470. The number of guanidine groups is 1. The van der Waals surface area contributed by atoms with E-state index >= 15 is 0 Å². The average molecular weight is 322 g/mol. The second-order valence-electron chi connectivity index (χ2n) is 5.61. The SMILES string of the molecule is CN=C(NCc1ccc(OC(C)C)nc1)NCC1CCCS1. The van der Waals surface area contributed by atoms with Crippen molar-refractivity contribution in [2.45, 2.75) is 44.6 Å². The molecule has 1 aliphatic rings. The molecular formula is C16H26N4OS. The van der Waals surface area contributed by atoms with E-state index in [0.29, 0.717) is 17.7 Å². The first-order valence-electron chi connectivity index (χ1n) is 7.85. The number of thioether (sulfide) groups is 1. The summed E-state index contributed by atoms with van der Waals surface area (Å²) in [6.07, 6.45) is 4.62. The van der Waals surface area contributed by atoms with Crippen LogP contribution in [0, 0.1) is 0 Å². The smallest absolute Gasteiger partial charge is 0.213 e. The number of nitrogens with zero attached hydrogens (tertiary/aromatic N) is 2. The van der Waals surface area contributed by atoms with Crippen LogP contribution in [0.4, 0.5) is 0 Å². The van der Waals surface area contributed by atoms with Gasteiger partial charge in [-0.3, -0.25) is 4.99 Å². The molecule has 0 spiro atoms. The molecule has 0 saturated carbocycles. The quantitative estimate of drug-likeness (QED) is 0.622. The average Bonchev–Trinajstić information content (AvgIpc) is 3.02. The van der Waals surface area contributed by atoms with Gasteiger partial charge < -0.3 is 15.4 Å². The molecule has 122 valence electrons. The molecule has 2 rings (SSSR count). The topological polar surface area (TPSA) is 58.5 Å². The Hall–Kier alpha value is -1.43. The molecule has 0 radical (unpaired) electrons. The Morgan fingerprint density at radius 2 is 2.32 bits per heavy atom. The molecule has 1 aliphatic heterocycles. The van der Waals surface area contributed by atoms with E-state index in [2.05, 4.69) is 20.6 Å². The number of pyridine rings is 1. The van der Waals surface area contributed by atoms with E-state index in [1.54, 1.807) is 7.05 Å². The van der Waals surface area contributed by atoms with Crippen molar-refractivity contribution in [3.05, 3.63) is 23.9 Å². The summed E-state index contributed by atoms with van der Waals surface area (Å²) in [4.78, 5) is 8.57. The molecule has 0 amide bonds. The largest absolute Gasteiger partial charge is 0.475 e. The molecule has 1 unspecified atom stereocenters. The van der Waals surface area contributed by atoms with Crippen molar-refractivity contribution in [3.63, 3.8) is 0 Å². The van der Waals surface area contributed by atoms with E-state index in [0.717, 1.165) is 18.1 Å². The molecule has 2 heterocycles. The lowest BCUT2D eigenvalue weighted by Gasteiger charge is -2.15. The maximum atomic E-state index is 5.54. The third-order valence-corrected chi connectivity index (χ3v) is 4.76. The molecule has 0 bridgehead atoms. The van der Waals surface area contributed by atoms with Crippen LogP contribution in [0.15, 0.2) is 23.3 Å². The second-order valence-corrected chi connectivity index (χ2v) is 7.02. The summed E-state index contributed by atoms with van der Waals surface area (Å²) < 4.78 is 5.54. The highest BCUT2D eigenvalue weighted by atomic mass is 32.2. The maximum absolute atomic E-state index is 5.54. The van der Waals surface area contributed by atoms with Gasteiger partial charge in [0.05, 0.1) is 6.10 Å². The monoisotopic (exact) mass is 322 g/mol. The van der Waals surface area contributed by atoms with E-state index < -0.39 is 0 Å². The van der Waals surface area contributed by atoms with Gasteiger partial charge >= 0.3 is 0 Å². The van der Waals surface area contributed by atoms with Gasteiger partial charge in [0.15, 0.2) is 5.96 Å². The number of hydrogen-bond donors (Lipinski definition) is 2. The Morgan fingerprint density at radius 3 is 2.91 bits per heavy atom. The first kappa shape index (κ1) is 16.9. The van der Waals surface area contributed by atoms with Crippen LogP contribution in [-0.4, -0.2) is 41.6 Å². The van der Waals surface area contributed by atoms with Crippen LogP contribution in [-0.2, 0) is 6.54 Å². The van der Waals surface area contributed by atoms with Crippen LogP contribution in [0.3, 0.4) is 0 Å². The normalized spacial score (nSPS) is 18.5. The van der Waals surface area contributed by atoms with Gasteiger partial charge in [-0.15, -0.1) is 0 Å². The van der Waals surface area contributed by atoms with Gasteiger partial charge in [-0.2, -0.15) is 11.8 Å². The Morgan fingerprint density at radius 1 is 1.45 bits per heavy atom. The first-order chi connectivity index (χ1) is 10.7. The van der Waals surface area contributed by atoms with Gasteiger partial charge in [-0.05, 0) is 38.0 Å². The summed E-state index contributed by atoms with van der Waals surface area (Å²) in [6, 6.07) is 3.93. The van der Waals surface area contributed by atoms with Crippen molar-refractivity contribution in [3.8, 4) is 5.88 Å². The van der Waals surface area contributed by atoms with Crippen LogP contribution in [0.2, 0.25) is 0 Å². The molecular weight excluding hydrogens is 296 g/mol. The number of aliphatic imine (C=N–C) groups is 1. The molecule has 1 saturated heterocycles. The van der Waals surface area contributed by atoms with Gasteiger partial charge in [0, 0.05) is 37.7 Å². The molecule has 2 N–H and O–H groups in total. The van der Waals surface area contributed by atoms with E-state index in [-0.39, 0.29) is 6.10 Å². The molecule has 0 aromatic carbocycles. The highest BCUT2D eigenvalue weighted by molar-refractivity contribution is 8.00. The minimum atomic E-state index is 0.146. The number of nitrogens with one attached hydrogen (secondary N) is 2. The number of ether oxygens (including phenoxy) is 1. The summed E-state index contributed by atoms with van der Waals surface area (Å²) in [7, 11) is 1.80. The summed E-state index contributed by atoms with van der Waals surface area (Å²) in [5, 5.41) is 7.43. The molecule has 1 fully saturated rings. The van der Waals surface area contributed by atoms with E-state index in [4.69, 9.17) is 4.74 Å². The van der Waals surface area contributed by atoms with Crippen LogP contribution in [0.5, 0.6) is 5.88 Å². The number of rotatable bonds is 6. The molecule has 1 aromatic heterocycles. The number of aromatic nitrogens is 1. The van der Waals surface area contributed by atoms with Crippen molar-refractivity contribution in [1.82, 2.24) is 15.6 Å². The van der Waals surface area contributed by atoms with E-state index in [1.807, 2.05) is 43.9 Å². The molecule has 22 heavy (non-hydrogen) atoms. The third kappa shape index (κ3) is 5.75. The zero-order valence-corrected chi connectivity index (χ0v) is 14.4. The molecule has 1 atom stereocenters. The third-order valence-electron chi connectivity index (χ3n) is 3.36. The van der Waals surface area contributed by atoms with Crippen molar-refractivity contribution < 1.29 is 4.74 Å².